The quantitative estimate of drug-likeness (QED) is 0.603. The third kappa shape index (κ3) is 4.38. The van der Waals surface area contributed by atoms with Crippen molar-refractivity contribution in [3.8, 4) is 0 Å². The molecular weight excluding hydrogens is 422 g/mol. The van der Waals surface area contributed by atoms with Gasteiger partial charge in [0.05, 0.1) is 5.02 Å². The van der Waals surface area contributed by atoms with Crippen LogP contribution in [0.4, 0.5) is 0 Å². The number of sulfonamides is 1. The minimum atomic E-state index is -3.73. The van der Waals surface area contributed by atoms with Crippen molar-refractivity contribution in [1.82, 2.24) is 14.6 Å². The van der Waals surface area contributed by atoms with Gasteiger partial charge in [-0.3, -0.25) is 4.79 Å². The number of aromatic nitrogens is 1. The van der Waals surface area contributed by atoms with E-state index >= 15 is 0 Å². The van der Waals surface area contributed by atoms with E-state index in [-0.39, 0.29) is 28.8 Å². The number of para-hydroxylation sites is 1. The molecule has 158 valence electrons. The SMILES string of the molecule is O=C(CCNS(=O)(=O)c1ccccc1Cl)N1CCC(c2c[nH]c3ccccc23)CC1. The molecule has 0 unspecified atom stereocenters. The van der Waals surface area contributed by atoms with Crippen molar-refractivity contribution in [3.63, 3.8) is 0 Å². The lowest BCUT2D eigenvalue weighted by Crippen LogP contribution is -2.39. The molecule has 8 heteroatoms. The molecule has 0 bridgehead atoms. The monoisotopic (exact) mass is 445 g/mol. The lowest BCUT2D eigenvalue weighted by Gasteiger charge is -2.32. The van der Waals surface area contributed by atoms with Crippen LogP contribution in [0, 0.1) is 0 Å². The molecule has 0 radical (unpaired) electrons. The molecule has 2 N–H and O–H groups in total. The number of hydrogen-bond acceptors (Lipinski definition) is 3. The summed E-state index contributed by atoms with van der Waals surface area (Å²) in [5, 5.41) is 1.41. The van der Waals surface area contributed by atoms with Gasteiger partial charge in [0.25, 0.3) is 0 Å². The molecule has 2 heterocycles. The summed E-state index contributed by atoms with van der Waals surface area (Å²) < 4.78 is 27.2. The third-order valence-corrected chi connectivity index (χ3v) is 7.63. The second-order valence-corrected chi connectivity index (χ2v) is 9.67. The van der Waals surface area contributed by atoms with Crippen LogP contribution in [-0.4, -0.2) is 43.8 Å². The molecule has 0 saturated carbocycles. The number of benzene rings is 2. The van der Waals surface area contributed by atoms with Gasteiger partial charge in [-0.05, 0) is 42.5 Å². The van der Waals surface area contributed by atoms with Gasteiger partial charge in [-0.2, -0.15) is 0 Å². The molecule has 0 atom stereocenters. The normalized spacial score (nSPS) is 15.6. The summed E-state index contributed by atoms with van der Waals surface area (Å²) in [6.45, 7) is 1.41. The first-order valence-corrected chi connectivity index (χ1v) is 11.9. The van der Waals surface area contributed by atoms with Gasteiger partial charge in [-0.15, -0.1) is 0 Å². The lowest BCUT2D eigenvalue weighted by atomic mass is 9.89. The maximum atomic E-state index is 12.6. The van der Waals surface area contributed by atoms with Crippen molar-refractivity contribution in [1.29, 1.82) is 0 Å². The number of amides is 1. The summed E-state index contributed by atoms with van der Waals surface area (Å²) in [5.74, 6) is 0.387. The zero-order valence-electron chi connectivity index (χ0n) is 16.5. The van der Waals surface area contributed by atoms with Crippen LogP contribution in [0.5, 0.6) is 0 Å². The molecule has 1 aliphatic heterocycles. The van der Waals surface area contributed by atoms with Crippen molar-refractivity contribution in [2.24, 2.45) is 0 Å². The maximum Gasteiger partial charge on any atom is 0.242 e. The Hall–Kier alpha value is -2.35. The van der Waals surface area contributed by atoms with Gasteiger partial charge >= 0.3 is 0 Å². The zero-order chi connectivity index (χ0) is 21.1. The summed E-state index contributed by atoms with van der Waals surface area (Å²) in [7, 11) is -3.73. The third-order valence-electron chi connectivity index (χ3n) is 5.67. The molecule has 0 spiro atoms. The van der Waals surface area contributed by atoms with Crippen LogP contribution in [0.3, 0.4) is 0 Å². The van der Waals surface area contributed by atoms with Gasteiger partial charge in [0.2, 0.25) is 15.9 Å². The van der Waals surface area contributed by atoms with Gasteiger partial charge in [0, 0.05) is 43.2 Å². The van der Waals surface area contributed by atoms with Crippen LogP contribution in [0.15, 0.2) is 59.6 Å². The number of rotatable bonds is 6. The molecule has 30 heavy (non-hydrogen) atoms. The standard InChI is InChI=1S/C22H24ClN3O3S/c23-19-6-2-4-8-21(19)30(28,29)25-12-9-22(27)26-13-10-16(11-14-26)18-15-24-20-7-3-1-5-17(18)20/h1-8,15-16,24-25H,9-14H2. The highest BCUT2D eigenvalue weighted by molar-refractivity contribution is 7.89. The number of nitrogens with one attached hydrogen (secondary N) is 2. The molecule has 2 aromatic carbocycles. The fourth-order valence-electron chi connectivity index (χ4n) is 4.06. The highest BCUT2D eigenvalue weighted by Crippen LogP contribution is 2.33. The fraction of sp³-hybridized carbons (Fsp3) is 0.318. The van der Waals surface area contributed by atoms with Gasteiger partial charge in [0.1, 0.15) is 4.90 Å². The average Bonchev–Trinajstić information content (AvgIpc) is 3.18. The number of H-pyrrole nitrogens is 1. The van der Waals surface area contributed by atoms with E-state index in [2.05, 4.69) is 28.0 Å². The van der Waals surface area contributed by atoms with Crippen molar-refractivity contribution in [2.45, 2.75) is 30.1 Å². The number of carbonyl (C=O) groups excluding carboxylic acids is 1. The Bertz CT molecular complexity index is 1150. The van der Waals surface area contributed by atoms with Gasteiger partial charge in [-0.25, -0.2) is 13.1 Å². The smallest absolute Gasteiger partial charge is 0.242 e. The number of hydrogen-bond donors (Lipinski definition) is 2. The Morgan fingerprint density at radius 1 is 1.10 bits per heavy atom. The fourth-order valence-corrected chi connectivity index (χ4v) is 5.61. The summed E-state index contributed by atoms with van der Waals surface area (Å²) >= 11 is 5.97. The van der Waals surface area contributed by atoms with Crippen LogP contribution >= 0.6 is 11.6 Å². The average molecular weight is 446 g/mol. The topological polar surface area (TPSA) is 82.3 Å². The lowest BCUT2D eigenvalue weighted by molar-refractivity contribution is -0.132. The highest BCUT2D eigenvalue weighted by atomic mass is 35.5. The summed E-state index contributed by atoms with van der Waals surface area (Å²) in [6.07, 6.45) is 4.01. The number of carbonyl (C=O) groups is 1. The van der Waals surface area contributed by atoms with Crippen LogP contribution in [0.2, 0.25) is 5.02 Å². The summed E-state index contributed by atoms with van der Waals surface area (Å²) in [4.78, 5) is 17.7. The first-order chi connectivity index (χ1) is 14.5. The van der Waals surface area contributed by atoms with Crippen LogP contribution in [0.1, 0.15) is 30.7 Å². The van der Waals surface area contributed by atoms with Crippen LogP contribution in [0.25, 0.3) is 10.9 Å². The Balaban J connectivity index is 1.29. The van der Waals surface area contributed by atoms with E-state index in [1.54, 1.807) is 12.1 Å². The largest absolute Gasteiger partial charge is 0.361 e. The zero-order valence-corrected chi connectivity index (χ0v) is 18.0. The van der Waals surface area contributed by atoms with E-state index in [4.69, 9.17) is 11.6 Å². The van der Waals surface area contributed by atoms with Crippen molar-refractivity contribution in [3.05, 3.63) is 65.3 Å². The number of likely N-dealkylation sites (tertiary alicyclic amines) is 1. The van der Waals surface area contributed by atoms with Crippen molar-refractivity contribution >= 4 is 38.4 Å². The van der Waals surface area contributed by atoms with E-state index in [0.29, 0.717) is 19.0 Å². The Morgan fingerprint density at radius 3 is 2.57 bits per heavy atom. The molecule has 0 aliphatic carbocycles. The van der Waals surface area contributed by atoms with Crippen molar-refractivity contribution < 1.29 is 13.2 Å². The van der Waals surface area contributed by atoms with E-state index < -0.39 is 10.0 Å². The molecular formula is C22H24ClN3O3S. The Labute approximate surface area is 181 Å². The van der Waals surface area contributed by atoms with E-state index in [9.17, 15) is 13.2 Å². The molecule has 3 aromatic rings. The highest BCUT2D eigenvalue weighted by Gasteiger charge is 2.25. The van der Waals surface area contributed by atoms with Crippen LogP contribution in [-0.2, 0) is 14.8 Å². The molecule has 1 aromatic heterocycles. The first-order valence-electron chi connectivity index (χ1n) is 10.0. The van der Waals surface area contributed by atoms with E-state index in [1.165, 1.54) is 23.1 Å². The molecule has 1 aliphatic rings. The first kappa shape index (κ1) is 20.9. The number of aromatic amines is 1. The minimum absolute atomic E-state index is 0.0265. The maximum absolute atomic E-state index is 12.6. The molecule has 1 saturated heterocycles. The number of nitrogens with zero attached hydrogens (tertiary/aromatic N) is 1. The predicted molar refractivity (Wildman–Crippen MR) is 118 cm³/mol. The predicted octanol–water partition coefficient (Wildman–Crippen LogP) is 3.90. The second-order valence-electron chi connectivity index (χ2n) is 7.52. The van der Waals surface area contributed by atoms with Gasteiger partial charge < -0.3 is 9.88 Å². The number of halogens is 1. The minimum Gasteiger partial charge on any atom is -0.361 e. The molecule has 6 nitrogen and oxygen atoms in total. The molecule has 1 amide bonds. The number of piperidine rings is 1. The Kier molecular flexibility index (Phi) is 6.13. The molecule has 4 rings (SSSR count). The van der Waals surface area contributed by atoms with Crippen LogP contribution < -0.4 is 4.72 Å². The van der Waals surface area contributed by atoms with E-state index in [1.807, 2.05) is 17.0 Å². The van der Waals surface area contributed by atoms with Crippen molar-refractivity contribution in [2.75, 3.05) is 19.6 Å². The van der Waals surface area contributed by atoms with E-state index in [0.717, 1.165) is 18.4 Å². The summed E-state index contributed by atoms with van der Waals surface area (Å²) in [6, 6.07) is 14.5. The molecule has 1 fully saturated rings. The Morgan fingerprint density at radius 2 is 1.80 bits per heavy atom. The second kappa shape index (κ2) is 8.79. The summed E-state index contributed by atoms with van der Waals surface area (Å²) in [5.41, 5.74) is 2.45. The van der Waals surface area contributed by atoms with Gasteiger partial charge in [0.15, 0.2) is 0 Å². The number of fused-ring (bicyclic) bond motifs is 1. The van der Waals surface area contributed by atoms with Gasteiger partial charge in [-0.1, -0.05) is 41.9 Å².